The molecule has 0 unspecified atom stereocenters. The van der Waals surface area contributed by atoms with Gasteiger partial charge in [-0.15, -0.1) is 23.1 Å². The smallest absolute Gasteiger partial charge is 0.327 e. The quantitative estimate of drug-likeness (QED) is 0.560. The second kappa shape index (κ2) is 8.22. The third kappa shape index (κ3) is 3.92. The number of aliphatic carboxylic acids is 1. The summed E-state index contributed by atoms with van der Waals surface area (Å²) in [6.07, 6.45) is 0. The fourth-order valence-electron chi connectivity index (χ4n) is 3.38. The van der Waals surface area contributed by atoms with E-state index < -0.39 is 17.4 Å². The van der Waals surface area contributed by atoms with Gasteiger partial charge in [-0.1, -0.05) is 41.9 Å². The Labute approximate surface area is 182 Å². The molecule has 2 atom stereocenters. The minimum atomic E-state index is -1.01. The molecule has 7 heteroatoms. The van der Waals surface area contributed by atoms with Crippen molar-refractivity contribution in [3.63, 3.8) is 0 Å². The van der Waals surface area contributed by atoms with Gasteiger partial charge in [0, 0.05) is 31.7 Å². The molecule has 29 heavy (non-hydrogen) atoms. The number of thiophene rings is 1. The summed E-state index contributed by atoms with van der Waals surface area (Å²) in [6.45, 7) is 2.05. The number of thioether (sulfide) groups is 1. The summed E-state index contributed by atoms with van der Waals surface area (Å²) in [5.74, 6) is -0.990. The molecule has 1 aromatic heterocycles. The molecule has 0 radical (unpaired) electrons. The number of halogens is 1. The number of hydrogen-bond donors (Lipinski definition) is 1. The largest absolute Gasteiger partial charge is 0.480 e. The normalized spacial score (nSPS) is 18.8. The maximum Gasteiger partial charge on any atom is 0.327 e. The van der Waals surface area contributed by atoms with Gasteiger partial charge >= 0.3 is 5.97 Å². The van der Waals surface area contributed by atoms with Crippen LogP contribution in [-0.4, -0.2) is 33.7 Å². The van der Waals surface area contributed by atoms with E-state index >= 15 is 0 Å². The highest BCUT2D eigenvalue weighted by Crippen LogP contribution is 2.44. The lowest BCUT2D eigenvalue weighted by molar-refractivity contribution is -0.141. The van der Waals surface area contributed by atoms with Crippen LogP contribution in [0.5, 0.6) is 0 Å². The Hall–Kier alpha value is -2.28. The topological polar surface area (TPSA) is 57.6 Å². The Morgan fingerprint density at radius 1 is 1.07 bits per heavy atom. The number of hydrogen-bond acceptors (Lipinski definition) is 4. The van der Waals surface area contributed by atoms with E-state index in [1.165, 1.54) is 21.5 Å². The van der Waals surface area contributed by atoms with Gasteiger partial charge in [0.25, 0.3) is 5.91 Å². The van der Waals surface area contributed by atoms with Crippen molar-refractivity contribution in [2.24, 2.45) is 0 Å². The van der Waals surface area contributed by atoms with E-state index in [9.17, 15) is 14.7 Å². The standard InChI is InChI=1S/C22H18ClNO3S2/c1-13-6-11-19(29-13)14-7-9-15(10-8-14)20(25)24-18(22(26)27)12-28-21(24)16-4-2-3-5-17(16)23/h2-11,18,21H,12H2,1H3,(H,26,27)/t18-,21+/m0/s1. The van der Waals surface area contributed by atoms with Crippen LogP contribution < -0.4 is 0 Å². The van der Waals surface area contributed by atoms with Crippen LogP contribution in [-0.2, 0) is 4.79 Å². The fourth-order valence-corrected chi connectivity index (χ4v) is 6.01. The molecule has 0 spiro atoms. The van der Waals surface area contributed by atoms with Crippen LogP contribution >= 0.6 is 34.7 Å². The number of carbonyl (C=O) groups excluding carboxylic acids is 1. The molecule has 0 aliphatic carbocycles. The molecule has 148 valence electrons. The van der Waals surface area contributed by atoms with Crippen molar-refractivity contribution in [3.8, 4) is 10.4 Å². The number of carboxylic acid groups (broad SMARTS) is 1. The van der Waals surface area contributed by atoms with Crippen molar-refractivity contribution in [2.45, 2.75) is 18.3 Å². The van der Waals surface area contributed by atoms with Crippen molar-refractivity contribution in [2.75, 3.05) is 5.75 Å². The minimum Gasteiger partial charge on any atom is -0.480 e. The molecule has 1 aliphatic heterocycles. The predicted molar refractivity (Wildman–Crippen MR) is 119 cm³/mol. The van der Waals surface area contributed by atoms with E-state index in [1.54, 1.807) is 29.5 Å². The predicted octanol–water partition coefficient (Wildman–Crippen LogP) is 5.72. The summed E-state index contributed by atoms with van der Waals surface area (Å²) in [5.41, 5.74) is 2.25. The number of nitrogens with zero attached hydrogens (tertiary/aromatic N) is 1. The number of carboxylic acids is 1. The van der Waals surface area contributed by atoms with Crippen LogP contribution in [0.1, 0.15) is 26.2 Å². The third-order valence-corrected chi connectivity index (χ3v) is 7.55. The first-order valence-corrected chi connectivity index (χ1v) is 11.3. The molecule has 0 saturated carbocycles. The van der Waals surface area contributed by atoms with Crippen LogP contribution in [0.2, 0.25) is 5.02 Å². The Morgan fingerprint density at radius 2 is 1.79 bits per heavy atom. The van der Waals surface area contributed by atoms with Gasteiger partial charge in [-0.05, 0) is 42.8 Å². The van der Waals surface area contributed by atoms with Crippen molar-refractivity contribution in [3.05, 3.63) is 81.7 Å². The molecule has 1 fully saturated rings. The minimum absolute atomic E-state index is 0.304. The van der Waals surface area contributed by atoms with Gasteiger partial charge in [-0.2, -0.15) is 0 Å². The summed E-state index contributed by atoms with van der Waals surface area (Å²) in [6, 6.07) is 17.8. The fraction of sp³-hybridized carbons (Fsp3) is 0.182. The summed E-state index contributed by atoms with van der Waals surface area (Å²) in [4.78, 5) is 28.9. The van der Waals surface area contributed by atoms with Crippen LogP contribution in [0.25, 0.3) is 10.4 Å². The molecule has 2 aromatic carbocycles. The molecule has 1 aliphatic rings. The lowest BCUT2D eigenvalue weighted by Crippen LogP contribution is -2.43. The van der Waals surface area contributed by atoms with Crippen molar-refractivity contribution >= 4 is 46.6 Å². The Morgan fingerprint density at radius 3 is 2.41 bits per heavy atom. The second-order valence-electron chi connectivity index (χ2n) is 6.76. The molecule has 1 amide bonds. The van der Waals surface area contributed by atoms with E-state index in [0.29, 0.717) is 16.3 Å². The van der Waals surface area contributed by atoms with E-state index in [0.717, 1.165) is 16.0 Å². The van der Waals surface area contributed by atoms with Crippen LogP contribution in [0.15, 0.2) is 60.7 Å². The van der Waals surface area contributed by atoms with Gasteiger partial charge in [0.2, 0.25) is 0 Å². The SMILES string of the molecule is Cc1ccc(-c2ccc(C(=O)N3[C@@H](c4ccccc4Cl)SC[C@H]3C(=O)O)cc2)s1. The summed E-state index contributed by atoms with van der Waals surface area (Å²) in [7, 11) is 0. The van der Waals surface area contributed by atoms with Gasteiger partial charge in [0.15, 0.2) is 0 Å². The van der Waals surface area contributed by atoms with E-state index in [4.69, 9.17) is 11.6 Å². The Kier molecular flexibility index (Phi) is 5.67. The zero-order chi connectivity index (χ0) is 20.5. The number of rotatable bonds is 4. The highest BCUT2D eigenvalue weighted by Gasteiger charge is 2.43. The summed E-state index contributed by atoms with van der Waals surface area (Å²) in [5, 5.41) is 9.76. The molecule has 0 bridgehead atoms. The molecule has 4 rings (SSSR count). The zero-order valence-electron chi connectivity index (χ0n) is 15.5. The molecular formula is C22H18ClNO3S2. The van der Waals surface area contributed by atoms with Gasteiger partial charge in [-0.3, -0.25) is 4.79 Å². The van der Waals surface area contributed by atoms with Crippen molar-refractivity contribution in [1.82, 2.24) is 4.90 Å². The van der Waals surface area contributed by atoms with E-state index in [1.807, 2.05) is 30.3 Å². The van der Waals surface area contributed by atoms with E-state index in [-0.39, 0.29) is 5.91 Å². The Bertz CT molecular complexity index is 1060. The monoisotopic (exact) mass is 443 g/mol. The van der Waals surface area contributed by atoms with Crippen LogP contribution in [0, 0.1) is 6.92 Å². The maximum atomic E-state index is 13.3. The number of amides is 1. The lowest BCUT2D eigenvalue weighted by atomic mass is 10.1. The summed E-state index contributed by atoms with van der Waals surface area (Å²) < 4.78 is 0. The van der Waals surface area contributed by atoms with Crippen LogP contribution in [0.4, 0.5) is 0 Å². The average Bonchev–Trinajstić information content (AvgIpc) is 3.34. The maximum absolute atomic E-state index is 13.3. The first kappa shape index (κ1) is 20.0. The van der Waals surface area contributed by atoms with Crippen molar-refractivity contribution in [1.29, 1.82) is 0 Å². The molecule has 1 saturated heterocycles. The molecule has 3 aromatic rings. The van der Waals surface area contributed by atoms with Gasteiger partial charge in [0.05, 0.1) is 0 Å². The third-order valence-electron chi connectivity index (χ3n) is 4.85. The van der Waals surface area contributed by atoms with Crippen LogP contribution in [0.3, 0.4) is 0 Å². The highest BCUT2D eigenvalue weighted by molar-refractivity contribution is 7.99. The number of benzene rings is 2. The second-order valence-corrected chi connectivity index (χ2v) is 9.57. The Balaban J connectivity index is 1.66. The highest BCUT2D eigenvalue weighted by atomic mass is 35.5. The summed E-state index contributed by atoms with van der Waals surface area (Å²) >= 11 is 9.45. The van der Waals surface area contributed by atoms with E-state index in [2.05, 4.69) is 19.1 Å². The number of aryl methyl sites for hydroxylation is 1. The van der Waals surface area contributed by atoms with Gasteiger partial charge in [-0.25, -0.2) is 4.79 Å². The number of carbonyl (C=O) groups is 2. The van der Waals surface area contributed by atoms with Gasteiger partial charge < -0.3 is 10.0 Å². The van der Waals surface area contributed by atoms with Gasteiger partial charge in [0.1, 0.15) is 11.4 Å². The zero-order valence-corrected chi connectivity index (χ0v) is 17.9. The first-order valence-electron chi connectivity index (χ1n) is 9.04. The molecule has 4 nitrogen and oxygen atoms in total. The van der Waals surface area contributed by atoms with Crippen molar-refractivity contribution < 1.29 is 14.7 Å². The molecule has 1 N–H and O–H groups in total. The lowest BCUT2D eigenvalue weighted by Gasteiger charge is -2.28. The first-order chi connectivity index (χ1) is 14.0. The average molecular weight is 444 g/mol. The molecular weight excluding hydrogens is 426 g/mol. The molecule has 2 heterocycles.